The van der Waals surface area contributed by atoms with Crippen LogP contribution in [-0.4, -0.2) is 35.8 Å². The Morgan fingerprint density at radius 1 is 1.57 bits per heavy atom. The third-order valence-corrected chi connectivity index (χ3v) is 2.31. The normalized spacial score (nSPS) is 22.2. The number of morpholine rings is 1. The summed E-state index contributed by atoms with van der Waals surface area (Å²) in [5.74, 6) is 0. The molecule has 0 bridgehead atoms. The summed E-state index contributed by atoms with van der Waals surface area (Å²) in [6.45, 7) is 4.52. The zero-order valence-corrected chi connectivity index (χ0v) is 8.36. The van der Waals surface area contributed by atoms with E-state index in [9.17, 15) is 0 Å². The second-order valence-corrected chi connectivity index (χ2v) is 3.58. The van der Waals surface area contributed by atoms with Crippen LogP contribution in [0.5, 0.6) is 0 Å². The Morgan fingerprint density at radius 2 is 2.50 bits per heavy atom. The molecule has 1 N–H and O–H groups in total. The number of aromatic nitrogens is 2. The number of hydrogen-bond acceptors (Lipinski definition) is 4. The van der Waals surface area contributed by atoms with Gasteiger partial charge < -0.3 is 10.1 Å². The van der Waals surface area contributed by atoms with Crippen LogP contribution in [-0.2, 0) is 11.2 Å². The Hall–Kier alpha value is -1.00. The molecular formula is C10H15N3O. The number of ether oxygens (including phenoxy) is 1. The Kier molecular flexibility index (Phi) is 3.06. The van der Waals surface area contributed by atoms with E-state index in [1.54, 1.807) is 6.33 Å². The monoisotopic (exact) mass is 193 g/mol. The maximum absolute atomic E-state index is 5.38. The van der Waals surface area contributed by atoms with Crippen molar-refractivity contribution in [3.63, 3.8) is 0 Å². The summed E-state index contributed by atoms with van der Waals surface area (Å²) in [7, 11) is 0. The van der Waals surface area contributed by atoms with E-state index < -0.39 is 0 Å². The fraction of sp³-hybridized carbons (Fsp3) is 0.600. The van der Waals surface area contributed by atoms with Gasteiger partial charge in [0, 0.05) is 30.4 Å². The smallest absolute Gasteiger partial charge is 0.115 e. The van der Waals surface area contributed by atoms with Gasteiger partial charge in [-0.05, 0) is 13.0 Å². The second-order valence-electron chi connectivity index (χ2n) is 3.58. The van der Waals surface area contributed by atoms with Crippen molar-refractivity contribution in [2.24, 2.45) is 0 Å². The van der Waals surface area contributed by atoms with Gasteiger partial charge in [-0.3, -0.25) is 0 Å². The first-order chi connectivity index (χ1) is 6.84. The number of nitrogens with zero attached hydrogens (tertiary/aromatic N) is 2. The fourth-order valence-corrected chi connectivity index (χ4v) is 1.62. The maximum Gasteiger partial charge on any atom is 0.115 e. The zero-order chi connectivity index (χ0) is 9.80. The minimum absolute atomic E-state index is 0.401. The third-order valence-electron chi connectivity index (χ3n) is 2.31. The Bertz CT molecular complexity index is 297. The quantitative estimate of drug-likeness (QED) is 0.734. The number of aryl methyl sites for hydroxylation is 1. The predicted molar refractivity (Wildman–Crippen MR) is 53.1 cm³/mol. The van der Waals surface area contributed by atoms with Crippen molar-refractivity contribution in [2.75, 3.05) is 19.8 Å². The average molecular weight is 193 g/mol. The first-order valence-electron chi connectivity index (χ1n) is 4.93. The van der Waals surface area contributed by atoms with Gasteiger partial charge in [0.2, 0.25) is 0 Å². The van der Waals surface area contributed by atoms with Crippen LogP contribution in [0.15, 0.2) is 12.4 Å². The molecule has 1 fully saturated rings. The third kappa shape index (κ3) is 2.49. The SMILES string of the molecule is Cc1cc(CC2COCCN2)ncn1. The molecule has 0 aliphatic carbocycles. The number of rotatable bonds is 2. The summed E-state index contributed by atoms with van der Waals surface area (Å²) >= 11 is 0. The highest BCUT2D eigenvalue weighted by Crippen LogP contribution is 2.03. The summed E-state index contributed by atoms with van der Waals surface area (Å²) in [6, 6.07) is 2.43. The van der Waals surface area contributed by atoms with Gasteiger partial charge >= 0.3 is 0 Å². The molecule has 76 valence electrons. The van der Waals surface area contributed by atoms with E-state index in [4.69, 9.17) is 4.74 Å². The largest absolute Gasteiger partial charge is 0.379 e. The van der Waals surface area contributed by atoms with Crippen molar-refractivity contribution < 1.29 is 4.74 Å². The number of nitrogens with one attached hydrogen (secondary N) is 1. The van der Waals surface area contributed by atoms with E-state index in [2.05, 4.69) is 15.3 Å². The lowest BCUT2D eigenvalue weighted by molar-refractivity contribution is 0.0767. The first-order valence-corrected chi connectivity index (χ1v) is 4.93. The highest BCUT2D eigenvalue weighted by atomic mass is 16.5. The van der Waals surface area contributed by atoms with Crippen molar-refractivity contribution in [1.29, 1.82) is 0 Å². The minimum Gasteiger partial charge on any atom is -0.379 e. The van der Waals surface area contributed by atoms with Gasteiger partial charge in [0.25, 0.3) is 0 Å². The second kappa shape index (κ2) is 4.48. The molecule has 4 heteroatoms. The molecule has 14 heavy (non-hydrogen) atoms. The molecule has 0 radical (unpaired) electrons. The van der Waals surface area contributed by atoms with Crippen molar-refractivity contribution in [3.05, 3.63) is 23.8 Å². The van der Waals surface area contributed by atoms with Gasteiger partial charge in [-0.25, -0.2) is 9.97 Å². The van der Waals surface area contributed by atoms with E-state index in [1.165, 1.54) is 0 Å². The lowest BCUT2D eigenvalue weighted by atomic mass is 10.1. The molecule has 1 unspecified atom stereocenters. The summed E-state index contributed by atoms with van der Waals surface area (Å²) in [5.41, 5.74) is 2.10. The summed E-state index contributed by atoms with van der Waals surface area (Å²) in [5, 5.41) is 3.40. The van der Waals surface area contributed by atoms with E-state index in [1.807, 2.05) is 13.0 Å². The summed E-state index contributed by atoms with van der Waals surface area (Å²) < 4.78 is 5.38. The van der Waals surface area contributed by atoms with Crippen LogP contribution in [0.1, 0.15) is 11.4 Å². The predicted octanol–water partition coefficient (Wildman–Crippen LogP) is 0.316. The highest BCUT2D eigenvalue weighted by Gasteiger charge is 2.13. The Labute approximate surface area is 83.7 Å². The molecule has 0 aromatic carbocycles. The molecular weight excluding hydrogens is 178 g/mol. The van der Waals surface area contributed by atoms with Crippen LogP contribution < -0.4 is 5.32 Å². The van der Waals surface area contributed by atoms with Crippen LogP contribution in [0.2, 0.25) is 0 Å². The molecule has 0 amide bonds. The van der Waals surface area contributed by atoms with E-state index in [0.717, 1.165) is 37.6 Å². The number of hydrogen-bond donors (Lipinski definition) is 1. The van der Waals surface area contributed by atoms with Crippen LogP contribution in [0.4, 0.5) is 0 Å². The molecule has 2 rings (SSSR count). The lowest BCUT2D eigenvalue weighted by Crippen LogP contribution is -2.42. The maximum atomic E-state index is 5.38. The molecule has 1 aromatic rings. The fourth-order valence-electron chi connectivity index (χ4n) is 1.62. The molecule has 1 aliphatic rings. The minimum atomic E-state index is 0.401. The topological polar surface area (TPSA) is 47.0 Å². The summed E-state index contributed by atoms with van der Waals surface area (Å²) in [4.78, 5) is 8.30. The van der Waals surface area contributed by atoms with Crippen LogP contribution in [0, 0.1) is 6.92 Å². The van der Waals surface area contributed by atoms with E-state index >= 15 is 0 Å². The molecule has 2 heterocycles. The standard InChI is InChI=1S/C10H15N3O/c1-8-4-9(13-7-12-8)5-10-6-14-3-2-11-10/h4,7,10-11H,2-3,5-6H2,1H3. The molecule has 1 atom stereocenters. The Balaban J connectivity index is 1.95. The van der Waals surface area contributed by atoms with E-state index in [0.29, 0.717) is 6.04 Å². The van der Waals surface area contributed by atoms with Crippen LogP contribution in [0.3, 0.4) is 0 Å². The molecule has 1 aromatic heterocycles. The Morgan fingerprint density at radius 3 is 3.21 bits per heavy atom. The van der Waals surface area contributed by atoms with Gasteiger partial charge in [-0.2, -0.15) is 0 Å². The highest BCUT2D eigenvalue weighted by molar-refractivity contribution is 5.08. The average Bonchev–Trinajstić information content (AvgIpc) is 2.19. The van der Waals surface area contributed by atoms with Crippen LogP contribution in [0.25, 0.3) is 0 Å². The van der Waals surface area contributed by atoms with Gasteiger partial charge in [0.15, 0.2) is 0 Å². The van der Waals surface area contributed by atoms with Gasteiger partial charge in [-0.15, -0.1) is 0 Å². The van der Waals surface area contributed by atoms with Crippen molar-refractivity contribution in [1.82, 2.24) is 15.3 Å². The molecule has 0 saturated carbocycles. The molecule has 1 saturated heterocycles. The van der Waals surface area contributed by atoms with Gasteiger partial charge in [0.05, 0.1) is 13.2 Å². The molecule has 4 nitrogen and oxygen atoms in total. The van der Waals surface area contributed by atoms with Crippen LogP contribution >= 0.6 is 0 Å². The molecule has 1 aliphatic heterocycles. The van der Waals surface area contributed by atoms with Crippen molar-refractivity contribution in [3.8, 4) is 0 Å². The van der Waals surface area contributed by atoms with Crippen molar-refractivity contribution >= 4 is 0 Å². The summed E-state index contributed by atoms with van der Waals surface area (Å²) in [6.07, 6.45) is 2.54. The zero-order valence-electron chi connectivity index (χ0n) is 8.36. The lowest BCUT2D eigenvalue weighted by Gasteiger charge is -2.23. The van der Waals surface area contributed by atoms with Crippen molar-refractivity contribution in [2.45, 2.75) is 19.4 Å². The van der Waals surface area contributed by atoms with E-state index in [-0.39, 0.29) is 0 Å². The first kappa shape index (κ1) is 9.55. The van der Waals surface area contributed by atoms with Gasteiger partial charge in [0.1, 0.15) is 6.33 Å². The van der Waals surface area contributed by atoms with Gasteiger partial charge in [-0.1, -0.05) is 0 Å². The molecule has 0 spiro atoms.